The fraction of sp³-hybridized carbons (Fsp3) is 0.714. The van der Waals surface area contributed by atoms with E-state index in [0.29, 0.717) is 4.86 Å². The normalized spacial score (nSPS) is 10.9. The van der Waals surface area contributed by atoms with Crippen LogP contribution in [0.3, 0.4) is 0 Å². The van der Waals surface area contributed by atoms with Gasteiger partial charge in [0.15, 0.2) is 0 Å². The first-order valence-electron chi connectivity index (χ1n) is 9.96. The van der Waals surface area contributed by atoms with Crippen LogP contribution in [-0.2, 0) is 11.2 Å². The number of rotatable bonds is 16. The fourth-order valence-electron chi connectivity index (χ4n) is 3.04. The van der Waals surface area contributed by atoms with E-state index in [0.717, 1.165) is 12.0 Å². The summed E-state index contributed by atoms with van der Waals surface area (Å²) in [5.74, 6) is -0.848. The van der Waals surface area contributed by atoms with Gasteiger partial charge in [-0.25, -0.2) is 0 Å². The standard InChI is InChI=1S/C21H34O2S2/c1-2-3-4-5-6-7-8-9-10-11-12-13-14-19-15-18(17-25-19)20(24)16-21(22)23/h15,17H,2-14,16H2,1H3,(H,22,23). The summed E-state index contributed by atoms with van der Waals surface area (Å²) in [6, 6.07) is 2.08. The Morgan fingerprint density at radius 2 is 1.48 bits per heavy atom. The van der Waals surface area contributed by atoms with E-state index < -0.39 is 5.97 Å². The molecular formula is C21H34O2S2. The molecule has 0 aliphatic heterocycles. The Morgan fingerprint density at radius 3 is 2.00 bits per heavy atom. The molecule has 1 aromatic heterocycles. The van der Waals surface area contributed by atoms with Crippen LogP contribution < -0.4 is 0 Å². The predicted molar refractivity (Wildman–Crippen MR) is 113 cm³/mol. The summed E-state index contributed by atoms with van der Waals surface area (Å²) in [4.78, 5) is 12.6. The van der Waals surface area contributed by atoms with Crippen molar-refractivity contribution in [3.05, 3.63) is 21.9 Å². The Balaban J connectivity index is 1.97. The van der Waals surface area contributed by atoms with Gasteiger partial charge in [-0.15, -0.1) is 11.3 Å². The molecular weight excluding hydrogens is 348 g/mol. The third kappa shape index (κ3) is 11.5. The molecule has 0 spiro atoms. The largest absolute Gasteiger partial charge is 0.481 e. The van der Waals surface area contributed by atoms with Gasteiger partial charge in [0.2, 0.25) is 0 Å². The molecule has 0 aliphatic carbocycles. The van der Waals surface area contributed by atoms with E-state index in [2.05, 4.69) is 13.0 Å². The third-order valence-electron chi connectivity index (χ3n) is 4.56. The van der Waals surface area contributed by atoms with Crippen LogP contribution >= 0.6 is 23.6 Å². The van der Waals surface area contributed by atoms with Gasteiger partial charge < -0.3 is 5.11 Å². The van der Waals surface area contributed by atoms with Crippen LogP contribution in [0.15, 0.2) is 11.4 Å². The monoisotopic (exact) mass is 382 g/mol. The van der Waals surface area contributed by atoms with Crippen LogP contribution in [0.4, 0.5) is 0 Å². The third-order valence-corrected chi connectivity index (χ3v) is 5.94. The second kappa shape index (κ2) is 14.4. The van der Waals surface area contributed by atoms with Crippen molar-refractivity contribution >= 4 is 34.4 Å². The second-order valence-electron chi connectivity index (χ2n) is 6.93. The SMILES string of the molecule is CCCCCCCCCCCCCCc1cc(C(=S)CC(=O)O)cs1. The van der Waals surface area contributed by atoms with Crippen molar-refractivity contribution in [2.24, 2.45) is 0 Å². The molecule has 0 aromatic carbocycles. The summed E-state index contributed by atoms with van der Waals surface area (Å²) in [7, 11) is 0. The highest BCUT2D eigenvalue weighted by Crippen LogP contribution is 2.20. The average Bonchev–Trinajstić information content (AvgIpc) is 3.04. The maximum Gasteiger partial charge on any atom is 0.308 e. The highest BCUT2D eigenvalue weighted by atomic mass is 32.1. The predicted octanol–water partition coefficient (Wildman–Crippen LogP) is 7.18. The summed E-state index contributed by atoms with van der Waals surface area (Å²) >= 11 is 6.88. The van der Waals surface area contributed by atoms with Crippen LogP contribution in [0, 0.1) is 0 Å². The molecule has 0 fully saturated rings. The molecule has 0 aliphatic rings. The summed E-state index contributed by atoms with van der Waals surface area (Å²) in [5.41, 5.74) is 0.927. The van der Waals surface area contributed by atoms with E-state index in [1.165, 1.54) is 81.9 Å². The van der Waals surface area contributed by atoms with Crippen LogP contribution in [-0.4, -0.2) is 15.9 Å². The zero-order valence-electron chi connectivity index (χ0n) is 15.7. The van der Waals surface area contributed by atoms with Gasteiger partial charge in [0.05, 0.1) is 6.42 Å². The maximum absolute atomic E-state index is 10.7. The summed E-state index contributed by atoms with van der Waals surface area (Å²) in [5, 5.41) is 10.8. The summed E-state index contributed by atoms with van der Waals surface area (Å²) in [6.45, 7) is 2.27. The lowest BCUT2D eigenvalue weighted by molar-refractivity contribution is -0.135. The van der Waals surface area contributed by atoms with Gasteiger partial charge in [0, 0.05) is 9.74 Å². The molecule has 2 nitrogen and oxygen atoms in total. The number of thiophene rings is 1. The quantitative estimate of drug-likeness (QED) is 0.187. The zero-order chi connectivity index (χ0) is 18.3. The minimum atomic E-state index is -0.848. The highest BCUT2D eigenvalue weighted by molar-refractivity contribution is 7.81. The molecule has 25 heavy (non-hydrogen) atoms. The lowest BCUT2D eigenvalue weighted by Gasteiger charge is -2.02. The smallest absolute Gasteiger partial charge is 0.308 e. The fourth-order valence-corrected chi connectivity index (χ4v) is 4.30. The first kappa shape index (κ1) is 22.3. The van der Waals surface area contributed by atoms with Crippen molar-refractivity contribution < 1.29 is 9.90 Å². The number of aryl methyl sites for hydroxylation is 1. The highest BCUT2D eigenvalue weighted by Gasteiger charge is 2.08. The molecule has 1 aromatic rings. The molecule has 0 unspecified atom stereocenters. The number of carboxylic acid groups (broad SMARTS) is 1. The van der Waals surface area contributed by atoms with Crippen LogP contribution in [0.2, 0.25) is 0 Å². The Labute approximate surface area is 163 Å². The van der Waals surface area contributed by atoms with Crippen LogP contribution in [0.1, 0.15) is 101 Å². The van der Waals surface area contributed by atoms with Crippen LogP contribution in [0.25, 0.3) is 0 Å². The van der Waals surface area contributed by atoms with Crippen molar-refractivity contribution in [2.75, 3.05) is 0 Å². The van der Waals surface area contributed by atoms with Gasteiger partial charge in [0.1, 0.15) is 0 Å². The number of aliphatic carboxylic acids is 1. The molecule has 4 heteroatoms. The van der Waals surface area contributed by atoms with E-state index in [4.69, 9.17) is 17.3 Å². The van der Waals surface area contributed by atoms with Crippen molar-refractivity contribution in [1.82, 2.24) is 0 Å². The van der Waals surface area contributed by atoms with Gasteiger partial charge in [-0.3, -0.25) is 4.79 Å². The zero-order valence-corrected chi connectivity index (χ0v) is 17.4. The molecule has 0 radical (unpaired) electrons. The van der Waals surface area contributed by atoms with E-state index in [-0.39, 0.29) is 6.42 Å². The van der Waals surface area contributed by atoms with Crippen molar-refractivity contribution in [1.29, 1.82) is 0 Å². The van der Waals surface area contributed by atoms with E-state index >= 15 is 0 Å². The molecule has 142 valence electrons. The molecule has 0 amide bonds. The maximum atomic E-state index is 10.7. The van der Waals surface area contributed by atoms with Gasteiger partial charge in [-0.2, -0.15) is 0 Å². The Morgan fingerprint density at radius 1 is 0.960 bits per heavy atom. The van der Waals surface area contributed by atoms with E-state index in [1.807, 2.05) is 5.38 Å². The number of carbonyl (C=O) groups is 1. The Bertz CT molecular complexity index is 494. The average molecular weight is 383 g/mol. The Kier molecular flexibility index (Phi) is 12.9. The number of thiocarbonyl (C=S) groups is 1. The van der Waals surface area contributed by atoms with Gasteiger partial charge >= 0.3 is 5.97 Å². The van der Waals surface area contributed by atoms with Crippen molar-refractivity contribution in [2.45, 2.75) is 96.8 Å². The van der Waals surface area contributed by atoms with Gasteiger partial charge in [-0.1, -0.05) is 89.8 Å². The molecule has 1 heterocycles. The molecule has 0 atom stereocenters. The molecule has 1 N–H and O–H groups in total. The minimum Gasteiger partial charge on any atom is -0.481 e. The summed E-state index contributed by atoms with van der Waals surface area (Å²) < 4.78 is 0. The first-order chi connectivity index (χ1) is 12.1. The number of hydrogen-bond acceptors (Lipinski definition) is 3. The second-order valence-corrected chi connectivity index (χ2v) is 8.42. The Hall–Kier alpha value is -0.740. The molecule has 0 bridgehead atoms. The van der Waals surface area contributed by atoms with Crippen LogP contribution in [0.5, 0.6) is 0 Å². The number of carboxylic acids is 1. The molecule has 0 saturated heterocycles. The number of unbranched alkanes of at least 4 members (excludes halogenated alkanes) is 11. The number of hydrogen-bond donors (Lipinski definition) is 1. The van der Waals surface area contributed by atoms with Gasteiger partial charge in [-0.05, 0) is 29.9 Å². The lowest BCUT2D eigenvalue weighted by atomic mass is 10.0. The van der Waals surface area contributed by atoms with Crippen molar-refractivity contribution in [3.8, 4) is 0 Å². The molecule has 0 saturated carbocycles. The minimum absolute atomic E-state index is 0.0376. The van der Waals surface area contributed by atoms with E-state index in [9.17, 15) is 4.79 Å². The lowest BCUT2D eigenvalue weighted by Crippen LogP contribution is -2.04. The molecule has 1 rings (SSSR count). The first-order valence-corrected chi connectivity index (χ1v) is 11.2. The van der Waals surface area contributed by atoms with Crippen molar-refractivity contribution in [3.63, 3.8) is 0 Å². The van der Waals surface area contributed by atoms with E-state index in [1.54, 1.807) is 11.3 Å². The van der Waals surface area contributed by atoms with Gasteiger partial charge in [0.25, 0.3) is 0 Å². The topological polar surface area (TPSA) is 37.3 Å². The summed E-state index contributed by atoms with van der Waals surface area (Å²) in [6.07, 6.45) is 17.5.